The summed E-state index contributed by atoms with van der Waals surface area (Å²) in [7, 11) is 0. The predicted octanol–water partition coefficient (Wildman–Crippen LogP) is 2.05. The highest BCUT2D eigenvalue weighted by molar-refractivity contribution is 5.94. The number of carbonyl (C=O) groups excluding carboxylic acids is 2. The van der Waals surface area contributed by atoms with Crippen LogP contribution in [-0.4, -0.2) is 48.6 Å². The summed E-state index contributed by atoms with van der Waals surface area (Å²) in [4.78, 5) is 30.4. The summed E-state index contributed by atoms with van der Waals surface area (Å²) >= 11 is 0. The number of aromatic nitrogens is 1. The van der Waals surface area contributed by atoms with Crippen molar-refractivity contribution in [3.05, 3.63) is 42.5 Å². The Hall–Kier alpha value is -2.87. The first-order valence-corrected chi connectivity index (χ1v) is 8.98. The number of hydrogen-bond donors (Lipinski definition) is 2. The molecule has 8 heteroatoms. The third-order valence-corrected chi connectivity index (χ3v) is 4.20. The molecule has 1 saturated heterocycles. The summed E-state index contributed by atoms with van der Waals surface area (Å²) in [5, 5.41) is 5.45. The molecule has 0 saturated carbocycles. The number of hydrogen-bond acceptors (Lipinski definition) is 6. The summed E-state index contributed by atoms with van der Waals surface area (Å²) in [5.74, 6) is 0.407. The maximum Gasteiger partial charge on any atom is 0.254 e. The van der Waals surface area contributed by atoms with E-state index in [4.69, 9.17) is 9.15 Å². The first kappa shape index (κ1) is 18.9. The van der Waals surface area contributed by atoms with Crippen molar-refractivity contribution in [2.45, 2.75) is 32.5 Å². The van der Waals surface area contributed by atoms with Gasteiger partial charge in [-0.15, -0.1) is 0 Å². The molecule has 0 aromatic carbocycles. The lowest BCUT2D eigenvalue weighted by Crippen LogP contribution is -2.45. The Kier molecular flexibility index (Phi) is 6.08. The molecule has 8 nitrogen and oxygen atoms in total. The smallest absolute Gasteiger partial charge is 0.254 e. The third kappa shape index (κ3) is 5.30. The quantitative estimate of drug-likeness (QED) is 0.806. The highest BCUT2D eigenvalue weighted by atomic mass is 16.5. The Morgan fingerprint density at radius 3 is 2.63 bits per heavy atom. The summed E-state index contributed by atoms with van der Waals surface area (Å²) in [6.07, 6.45) is 4.92. The van der Waals surface area contributed by atoms with Crippen LogP contribution in [-0.2, 0) is 9.53 Å². The van der Waals surface area contributed by atoms with Gasteiger partial charge in [-0.1, -0.05) is 0 Å². The van der Waals surface area contributed by atoms with Gasteiger partial charge < -0.3 is 24.7 Å². The number of morpholine rings is 1. The van der Waals surface area contributed by atoms with Crippen LogP contribution in [0.4, 0.5) is 11.5 Å². The fourth-order valence-electron chi connectivity index (χ4n) is 3.02. The SMILES string of the molecule is CC1CN(c2ccc(NC(=O)CCNC(=O)c3ccoc3)cn2)CC(C)O1. The predicted molar refractivity (Wildman–Crippen MR) is 101 cm³/mol. The molecule has 144 valence electrons. The zero-order valence-corrected chi connectivity index (χ0v) is 15.5. The van der Waals surface area contributed by atoms with Gasteiger partial charge in [0.05, 0.1) is 35.9 Å². The van der Waals surface area contributed by atoms with Crippen LogP contribution in [0.2, 0.25) is 0 Å². The van der Waals surface area contributed by atoms with Gasteiger partial charge in [0.2, 0.25) is 5.91 Å². The van der Waals surface area contributed by atoms with Crippen molar-refractivity contribution in [1.82, 2.24) is 10.3 Å². The highest BCUT2D eigenvalue weighted by Gasteiger charge is 2.23. The standard InChI is InChI=1S/C19H24N4O4/c1-13-10-23(11-14(2)27-13)17-4-3-16(9-21-17)22-18(24)5-7-20-19(25)15-6-8-26-12-15/h3-4,6,8-9,12-14H,5,7,10-11H2,1-2H3,(H,20,25)(H,22,24). The van der Waals surface area contributed by atoms with E-state index in [9.17, 15) is 9.59 Å². The lowest BCUT2D eigenvalue weighted by atomic mass is 10.2. The molecule has 27 heavy (non-hydrogen) atoms. The molecule has 0 bridgehead atoms. The number of rotatable bonds is 6. The van der Waals surface area contributed by atoms with E-state index in [1.165, 1.54) is 12.5 Å². The van der Waals surface area contributed by atoms with E-state index in [2.05, 4.69) is 20.5 Å². The molecule has 1 fully saturated rings. The normalized spacial score (nSPS) is 19.6. The number of amides is 2. The van der Waals surface area contributed by atoms with Crippen LogP contribution in [0.25, 0.3) is 0 Å². The lowest BCUT2D eigenvalue weighted by molar-refractivity contribution is -0.116. The number of furan rings is 1. The van der Waals surface area contributed by atoms with Crippen molar-refractivity contribution in [3.8, 4) is 0 Å². The fourth-order valence-corrected chi connectivity index (χ4v) is 3.02. The highest BCUT2D eigenvalue weighted by Crippen LogP contribution is 2.19. The second kappa shape index (κ2) is 8.68. The van der Waals surface area contributed by atoms with E-state index in [1.807, 2.05) is 26.0 Å². The second-order valence-corrected chi connectivity index (χ2v) is 6.63. The summed E-state index contributed by atoms with van der Waals surface area (Å²) in [5.41, 5.74) is 1.06. The summed E-state index contributed by atoms with van der Waals surface area (Å²) < 4.78 is 10.6. The minimum absolute atomic E-state index is 0.159. The van der Waals surface area contributed by atoms with Gasteiger partial charge in [-0.25, -0.2) is 4.98 Å². The van der Waals surface area contributed by atoms with Crippen LogP contribution >= 0.6 is 0 Å². The van der Waals surface area contributed by atoms with Crippen molar-refractivity contribution in [2.75, 3.05) is 29.9 Å². The van der Waals surface area contributed by atoms with Crippen molar-refractivity contribution in [3.63, 3.8) is 0 Å². The molecule has 1 aliphatic heterocycles. The van der Waals surface area contributed by atoms with Crippen molar-refractivity contribution in [1.29, 1.82) is 0 Å². The Balaban J connectivity index is 1.45. The van der Waals surface area contributed by atoms with Gasteiger partial charge in [0.15, 0.2) is 0 Å². The van der Waals surface area contributed by atoms with E-state index in [-0.39, 0.29) is 37.0 Å². The molecule has 2 aromatic rings. The minimum atomic E-state index is -0.267. The molecule has 2 aromatic heterocycles. The molecule has 0 aliphatic carbocycles. The maximum absolute atomic E-state index is 12.0. The maximum atomic E-state index is 12.0. The number of nitrogens with one attached hydrogen (secondary N) is 2. The molecule has 2 amide bonds. The van der Waals surface area contributed by atoms with E-state index < -0.39 is 0 Å². The minimum Gasteiger partial charge on any atom is -0.472 e. The first-order valence-electron chi connectivity index (χ1n) is 8.98. The topological polar surface area (TPSA) is 96.7 Å². The third-order valence-electron chi connectivity index (χ3n) is 4.20. The van der Waals surface area contributed by atoms with E-state index in [1.54, 1.807) is 12.3 Å². The Morgan fingerprint density at radius 1 is 1.22 bits per heavy atom. The van der Waals surface area contributed by atoms with Gasteiger partial charge in [-0.3, -0.25) is 9.59 Å². The molecule has 3 heterocycles. The van der Waals surface area contributed by atoms with Crippen LogP contribution in [0.1, 0.15) is 30.6 Å². The molecule has 3 rings (SSSR count). The van der Waals surface area contributed by atoms with E-state index >= 15 is 0 Å². The van der Waals surface area contributed by atoms with Gasteiger partial charge in [-0.05, 0) is 32.0 Å². The molecular weight excluding hydrogens is 348 g/mol. The largest absolute Gasteiger partial charge is 0.472 e. The average Bonchev–Trinajstić information content (AvgIpc) is 3.16. The second-order valence-electron chi connectivity index (χ2n) is 6.63. The molecule has 2 N–H and O–H groups in total. The molecular formula is C19H24N4O4. The van der Waals surface area contributed by atoms with Gasteiger partial charge >= 0.3 is 0 Å². The van der Waals surface area contributed by atoms with Gasteiger partial charge in [0.25, 0.3) is 5.91 Å². The van der Waals surface area contributed by atoms with Crippen molar-refractivity contribution in [2.24, 2.45) is 0 Å². The number of carbonyl (C=O) groups is 2. The Labute approximate surface area is 157 Å². The van der Waals surface area contributed by atoms with Crippen LogP contribution in [0.15, 0.2) is 41.3 Å². The molecule has 0 spiro atoms. The fraction of sp³-hybridized carbons (Fsp3) is 0.421. The summed E-state index contributed by atoms with van der Waals surface area (Å²) in [6.45, 7) is 5.91. The first-order chi connectivity index (χ1) is 13.0. The zero-order chi connectivity index (χ0) is 19.2. The Morgan fingerprint density at radius 2 is 2.00 bits per heavy atom. The zero-order valence-electron chi connectivity index (χ0n) is 15.5. The van der Waals surface area contributed by atoms with E-state index in [0.717, 1.165) is 18.9 Å². The van der Waals surface area contributed by atoms with Crippen LogP contribution in [0, 0.1) is 0 Å². The van der Waals surface area contributed by atoms with Crippen LogP contribution < -0.4 is 15.5 Å². The van der Waals surface area contributed by atoms with Gasteiger partial charge in [-0.2, -0.15) is 0 Å². The van der Waals surface area contributed by atoms with Gasteiger partial charge in [0.1, 0.15) is 12.1 Å². The molecule has 1 aliphatic rings. The molecule has 2 unspecified atom stereocenters. The van der Waals surface area contributed by atoms with E-state index in [0.29, 0.717) is 11.3 Å². The number of nitrogens with zero attached hydrogens (tertiary/aromatic N) is 2. The molecule has 0 radical (unpaired) electrons. The van der Waals surface area contributed by atoms with Gasteiger partial charge in [0, 0.05) is 26.1 Å². The summed E-state index contributed by atoms with van der Waals surface area (Å²) in [6, 6.07) is 5.29. The number of ether oxygens (including phenoxy) is 1. The average molecular weight is 372 g/mol. The molecule has 2 atom stereocenters. The monoisotopic (exact) mass is 372 g/mol. The number of anilines is 2. The Bertz CT molecular complexity index is 751. The lowest BCUT2D eigenvalue weighted by Gasteiger charge is -2.36. The number of pyridine rings is 1. The van der Waals surface area contributed by atoms with Crippen molar-refractivity contribution < 1.29 is 18.7 Å². The van der Waals surface area contributed by atoms with Crippen LogP contribution in [0.5, 0.6) is 0 Å². The van der Waals surface area contributed by atoms with Crippen molar-refractivity contribution >= 4 is 23.3 Å². The van der Waals surface area contributed by atoms with Crippen LogP contribution in [0.3, 0.4) is 0 Å².